The minimum Gasteiger partial charge on any atom is -0.476 e. The van der Waals surface area contributed by atoms with Gasteiger partial charge in [0.15, 0.2) is 17.7 Å². The van der Waals surface area contributed by atoms with Crippen LogP contribution in [0.15, 0.2) is 23.3 Å². The van der Waals surface area contributed by atoms with Crippen LogP contribution >= 0.6 is 0 Å². The molecule has 4 N–H and O–H groups in total. The van der Waals surface area contributed by atoms with Crippen molar-refractivity contribution >= 4 is 28.8 Å². The van der Waals surface area contributed by atoms with Gasteiger partial charge in [0.1, 0.15) is 11.8 Å². The number of hydrazone groups is 1. The molecular formula is C13H14N6O2. The summed E-state index contributed by atoms with van der Waals surface area (Å²) in [5.74, 6) is -0.127. The number of rotatable bonds is 3. The molecule has 8 nitrogen and oxygen atoms in total. The molecule has 0 bridgehead atoms. The fourth-order valence-corrected chi connectivity index (χ4v) is 1.88. The number of likely N-dealkylation sites (N-methyl/N-ethyl adjacent to an activating group) is 1. The lowest BCUT2D eigenvalue weighted by Crippen LogP contribution is -2.42. The van der Waals surface area contributed by atoms with E-state index in [1.807, 2.05) is 0 Å². The van der Waals surface area contributed by atoms with E-state index in [-0.39, 0.29) is 11.6 Å². The second-order valence-electron chi connectivity index (χ2n) is 4.41. The third-order valence-electron chi connectivity index (χ3n) is 2.98. The molecule has 0 spiro atoms. The van der Waals surface area contributed by atoms with Crippen LogP contribution in [-0.4, -0.2) is 30.6 Å². The molecule has 1 amide bonds. The van der Waals surface area contributed by atoms with Crippen molar-refractivity contribution in [3.63, 3.8) is 0 Å². The van der Waals surface area contributed by atoms with Crippen LogP contribution < -0.4 is 20.8 Å². The Morgan fingerprint density at radius 1 is 1.62 bits per heavy atom. The third-order valence-corrected chi connectivity index (χ3v) is 2.98. The van der Waals surface area contributed by atoms with Crippen molar-refractivity contribution in [2.75, 3.05) is 17.4 Å². The summed E-state index contributed by atoms with van der Waals surface area (Å²) in [6, 6.07) is 6.86. The standard InChI is InChI=1S/C13H14N6O2/c1-7-13(20)19(2)10-5-3-4-8(11(10)21-7)17-18-9(6-14)12(15)16/h3-5,7,17H,1-2H3,(H3,15,16)/b18-9+. The maximum absolute atomic E-state index is 11.9. The van der Waals surface area contributed by atoms with Gasteiger partial charge in [0.25, 0.3) is 5.91 Å². The summed E-state index contributed by atoms with van der Waals surface area (Å²) in [7, 11) is 1.66. The topological polar surface area (TPSA) is 128 Å². The van der Waals surface area contributed by atoms with E-state index in [1.165, 1.54) is 4.90 Å². The van der Waals surface area contributed by atoms with Gasteiger partial charge in [-0.3, -0.25) is 15.6 Å². The van der Waals surface area contributed by atoms with Crippen molar-refractivity contribution in [1.29, 1.82) is 10.7 Å². The lowest BCUT2D eigenvalue weighted by molar-refractivity contribution is -0.125. The van der Waals surface area contributed by atoms with Gasteiger partial charge in [-0.05, 0) is 19.1 Å². The highest BCUT2D eigenvalue weighted by Crippen LogP contribution is 2.39. The average Bonchev–Trinajstić information content (AvgIpc) is 2.46. The van der Waals surface area contributed by atoms with Crippen molar-refractivity contribution in [3.05, 3.63) is 18.2 Å². The van der Waals surface area contributed by atoms with E-state index in [2.05, 4.69) is 10.5 Å². The van der Waals surface area contributed by atoms with E-state index in [0.29, 0.717) is 17.1 Å². The highest BCUT2D eigenvalue weighted by molar-refractivity contribution is 6.45. The molecule has 1 unspecified atom stereocenters. The van der Waals surface area contributed by atoms with Crippen molar-refractivity contribution in [2.24, 2.45) is 10.8 Å². The molecule has 0 saturated heterocycles. The molecule has 0 fully saturated rings. The van der Waals surface area contributed by atoms with Gasteiger partial charge in [0.05, 0.1) is 5.69 Å². The van der Waals surface area contributed by atoms with E-state index in [1.54, 1.807) is 38.2 Å². The second-order valence-corrected chi connectivity index (χ2v) is 4.41. The van der Waals surface area contributed by atoms with Gasteiger partial charge < -0.3 is 15.4 Å². The number of para-hydroxylation sites is 1. The van der Waals surface area contributed by atoms with Crippen molar-refractivity contribution < 1.29 is 9.53 Å². The summed E-state index contributed by atoms with van der Waals surface area (Å²) in [6.07, 6.45) is -0.613. The van der Waals surface area contributed by atoms with Gasteiger partial charge in [-0.25, -0.2) is 0 Å². The van der Waals surface area contributed by atoms with Gasteiger partial charge in [0.2, 0.25) is 5.71 Å². The first-order valence-electron chi connectivity index (χ1n) is 6.11. The molecule has 0 radical (unpaired) electrons. The molecule has 21 heavy (non-hydrogen) atoms. The van der Waals surface area contributed by atoms with Crippen LogP contribution in [0.1, 0.15) is 6.92 Å². The minimum atomic E-state index is -0.613. The lowest BCUT2D eigenvalue weighted by atomic mass is 10.2. The third kappa shape index (κ3) is 2.62. The zero-order chi connectivity index (χ0) is 15.6. The molecule has 0 saturated carbocycles. The normalized spacial score (nSPS) is 17.6. The van der Waals surface area contributed by atoms with E-state index in [4.69, 9.17) is 21.1 Å². The maximum Gasteiger partial charge on any atom is 0.267 e. The van der Waals surface area contributed by atoms with Gasteiger partial charge >= 0.3 is 0 Å². The fraction of sp³-hybridized carbons (Fsp3) is 0.231. The van der Waals surface area contributed by atoms with Gasteiger partial charge in [-0.2, -0.15) is 10.4 Å². The van der Waals surface area contributed by atoms with E-state index in [0.717, 1.165) is 0 Å². The number of carbonyl (C=O) groups is 1. The van der Waals surface area contributed by atoms with E-state index < -0.39 is 11.9 Å². The summed E-state index contributed by atoms with van der Waals surface area (Å²) < 4.78 is 5.58. The summed E-state index contributed by atoms with van der Waals surface area (Å²) in [5, 5.41) is 19.8. The number of nitriles is 1. The Hall–Kier alpha value is -3.08. The Morgan fingerprint density at radius 3 is 2.95 bits per heavy atom. The molecule has 108 valence electrons. The van der Waals surface area contributed by atoms with Crippen LogP contribution in [0.25, 0.3) is 0 Å². The Bertz CT molecular complexity index is 676. The first-order chi connectivity index (χ1) is 9.95. The molecule has 0 aliphatic carbocycles. The SMILES string of the molecule is CC1Oc2c(N/N=C(\C#N)C(=N)N)cccc2N(C)C1=O. The number of benzene rings is 1. The predicted molar refractivity (Wildman–Crippen MR) is 78.5 cm³/mol. The quantitative estimate of drug-likeness (QED) is 0.427. The zero-order valence-electron chi connectivity index (χ0n) is 11.5. The molecule has 1 aromatic carbocycles. The maximum atomic E-state index is 11.9. The number of nitrogens with two attached hydrogens (primary N) is 1. The Kier molecular flexibility index (Phi) is 3.75. The molecule has 8 heteroatoms. The average molecular weight is 286 g/mol. The number of fused-ring (bicyclic) bond motifs is 1. The first kappa shape index (κ1) is 14.3. The zero-order valence-corrected chi connectivity index (χ0v) is 11.5. The number of carbonyl (C=O) groups excluding carboxylic acids is 1. The Morgan fingerprint density at radius 2 is 2.33 bits per heavy atom. The minimum absolute atomic E-state index is 0.149. The molecule has 1 aliphatic rings. The highest BCUT2D eigenvalue weighted by atomic mass is 16.5. The summed E-state index contributed by atoms with van der Waals surface area (Å²) in [4.78, 5) is 13.4. The molecule has 2 rings (SSSR count). The van der Waals surface area contributed by atoms with Crippen LogP contribution in [0.4, 0.5) is 11.4 Å². The summed E-state index contributed by atoms with van der Waals surface area (Å²) in [6.45, 7) is 1.65. The van der Waals surface area contributed by atoms with Crippen molar-refractivity contribution in [2.45, 2.75) is 13.0 Å². The van der Waals surface area contributed by atoms with Gasteiger partial charge in [-0.15, -0.1) is 0 Å². The smallest absolute Gasteiger partial charge is 0.267 e. The van der Waals surface area contributed by atoms with E-state index >= 15 is 0 Å². The fourth-order valence-electron chi connectivity index (χ4n) is 1.88. The van der Waals surface area contributed by atoms with Crippen molar-refractivity contribution in [3.8, 4) is 11.8 Å². The number of nitrogens with one attached hydrogen (secondary N) is 2. The molecule has 0 aromatic heterocycles. The molecule has 1 aromatic rings. The van der Waals surface area contributed by atoms with Crippen LogP contribution in [0.3, 0.4) is 0 Å². The number of anilines is 2. The van der Waals surface area contributed by atoms with Crippen LogP contribution in [0.5, 0.6) is 5.75 Å². The Labute approximate surface area is 121 Å². The summed E-state index contributed by atoms with van der Waals surface area (Å²) >= 11 is 0. The van der Waals surface area contributed by atoms with Gasteiger partial charge in [0, 0.05) is 7.05 Å². The molecular weight excluding hydrogens is 272 g/mol. The number of ether oxygens (including phenoxy) is 1. The number of amidine groups is 1. The molecule has 1 heterocycles. The first-order valence-corrected chi connectivity index (χ1v) is 6.11. The van der Waals surface area contributed by atoms with Crippen LogP contribution in [-0.2, 0) is 4.79 Å². The van der Waals surface area contributed by atoms with E-state index in [9.17, 15) is 4.79 Å². The number of hydrogen-bond acceptors (Lipinski definition) is 6. The monoisotopic (exact) mass is 286 g/mol. The Balaban J connectivity index is 2.38. The predicted octanol–water partition coefficient (Wildman–Crippen LogP) is 0.658. The summed E-state index contributed by atoms with van der Waals surface area (Å²) in [5.41, 5.74) is 8.70. The van der Waals surface area contributed by atoms with Gasteiger partial charge in [-0.1, -0.05) is 6.07 Å². The van der Waals surface area contributed by atoms with Crippen LogP contribution in [0.2, 0.25) is 0 Å². The molecule has 1 aliphatic heterocycles. The second kappa shape index (κ2) is 5.50. The largest absolute Gasteiger partial charge is 0.476 e. The highest BCUT2D eigenvalue weighted by Gasteiger charge is 2.30. The lowest BCUT2D eigenvalue weighted by Gasteiger charge is -2.31. The van der Waals surface area contributed by atoms with Crippen molar-refractivity contribution in [1.82, 2.24) is 0 Å². The number of amides is 1. The number of nitrogens with zero attached hydrogens (tertiary/aromatic N) is 3. The number of hydrogen-bond donors (Lipinski definition) is 3. The molecule has 1 atom stereocenters. The van der Waals surface area contributed by atoms with Crippen LogP contribution in [0, 0.1) is 16.7 Å².